The molecular weight excluding hydrogens is 472 g/mol. The summed E-state index contributed by atoms with van der Waals surface area (Å²) in [5.41, 5.74) is 6.39. The molecule has 1 saturated heterocycles. The minimum absolute atomic E-state index is 0.187. The zero-order chi connectivity index (χ0) is 21.5. The Labute approximate surface area is 196 Å². The first-order valence-electron chi connectivity index (χ1n) is 10.9. The van der Waals surface area contributed by atoms with Crippen LogP contribution in [-0.2, 0) is 24.2 Å². The lowest BCUT2D eigenvalue weighted by molar-refractivity contribution is -0.130. The third-order valence-electron chi connectivity index (χ3n) is 6.67. The largest absolute Gasteiger partial charge is 0.340 e. The number of fused-ring (bicyclic) bond motifs is 2. The van der Waals surface area contributed by atoms with Gasteiger partial charge in [-0.2, -0.15) is 0 Å². The number of piperazine rings is 1. The fourth-order valence-electron chi connectivity index (χ4n) is 4.88. The first kappa shape index (κ1) is 20.9. The smallest absolute Gasteiger partial charge is 0.219 e. The van der Waals surface area contributed by atoms with Gasteiger partial charge in [0.1, 0.15) is 0 Å². The maximum atomic E-state index is 11.5. The highest BCUT2D eigenvalue weighted by molar-refractivity contribution is 9.11. The summed E-state index contributed by atoms with van der Waals surface area (Å²) in [6, 6.07) is 9.47. The molecular formula is C24H27BrN4OS. The van der Waals surface area contributed by atoms with Crippen molar-refractivity contribution in [2.45, 2.75) is 38.8 Å². The van der Waals surface area contributed by atoms with E-state index in [9.17, 15) is 4.79 Å². The molecule has 162 valence electrons. The molecule has 1 unspecified atom stereocenters. The van der Waals surface area contributed by atoms with Gasteiger partial charge in [0, 0.05) is 45.7 Å². The summed E-state index contributed by atoms with van der Waals surface area (Å²) >= 11 is 5.28. The van der Waals surface area contributed by atoms with Crippen molar-refractivity contribution in [3.63, 3.8) is 0 Å². The number of carbonyl (C=O) groups is 1. The van der Waals surface area contributed by atoms with E-state index in [0.717, 1.165) is 67.2 Å². The second kappa shape index (κ2) is 8.52. The summed E-state index contributed by atoms with van der Waals surface area (Å²) in [7, 11) is 0. The van der Waals surface area contributed by atoms with E-state index in [-0.39, 0.29) is 5.91 Å². The predicted octanol–water partition coefficient (Wildman–Crippen LogP) is 4.68. The van der Waals surface area contributed by atoms with Crippen LogP contribution in [-0.4, -0.2) is 59.2 Å². The first-order valence-corrected chi connectivity index (χ1v) is 12.5. The van der Waals surface area contributed by atoms with Crippen molar-refractivity contribution >= 4 is 50.9 Å². The fraction of sp³-hybridized carbons (Fsp3) is 0.417. The van der Waals surface area contributed by atoms with E-state index < -0.39 is 0 Å². The highest BCUT2D eigenvalue weighted by Crippen LogP contribution is 2.42. The Kier molecular flexibility index (Phi) is 5.75. The van der Waals surface area contributed by atoms with Gasteiger partial charge in [0.25, 0.3) is 0 Å². The zero-order valence-electron chi connectivity index (χ0n) is 17.8. The zero-order valence-corrected chi connectivity index (χ0v) is 20.2. The molecule has 1 aromatic heterocycles. The molecule has 0 spiro atoms. The van der Waals surface area contributed by atoms with Gasteiger partial charge in [0.15, 0.2) is 0 Å². The normalized spacial score (nSPS) is 21.2. The summed E-state index contributed by atoms with van der Waals surface area (Å²) < 4.78 is 1.10. The lowest BCUT2D eigenvalue weighted by atomic mass is 9.86. The van der Waals surface area contributed by atoms with Crippen LogP contribution < -0.4 is 0 Å². The molecule has 3 aliphatic rings. The highest BCUT2D eigenvalue weighted by Gasteiger charge is 2.29. The average Bonchev–Trinajstić information content (AvgIpc) is 3.15. The van der Waals surface area contributed by atoms with E-state index in [1.165, 1.54) is 21.6 Å². The van der Waals surface area contributed by atoms with Crippen LogP contribution in [0.15, 0.2) is 39.6 Å². The maximum Gasteiger partial charge on any atom is 0.219 e. The molecule has 0 radical (unpaired) electrons. The van der Waals surface area contributed by atoms with Gasteiger partial charge in [-0.1, -0.05) is 24.8 Å². The number of halogens is 1. The number of benzene rings is 1. The summed E-state index contributed by atoms with van der Waals surface area (Å²) in [6.45, 7) is 10.6. The van der Waals surface area contributed by atoms with Crippen LogP contribution in [0.25, 0.3) is 5.70 Å². The van der Waals surface area contributed by atoms with Crippen molar-refractivity contribution < 1.29 is 4.79 Å². The van der Waals surface area contributed by atoms with E-state index in [0.29, 0.717) is 6.04 Å². The molecule has 2 aromatic rings. The van der Waals surface area contributed by atoms with E-state index in [1.54, 1.807) is 18.3 Å². The second-order valence-corrected chi connectivity index (χ2v) is 11.1. The first-order chi connectivity index (χ1) is 15.0. The van der Waals surface area contributed by atoms with Crippen molar-refractivity contribution in [2.24, 2.45) is 4.99 Å². The number of hydrogen-bond donors (Lipinski definition) is 0. The number of amides is 1. The third kappa shape index (κ3) is 4.23. The molecule has 3 heterocycles. The Hall–Kier alpha value is -1.96. The number of thiophene rings is 1. The number of rotatable bonds is 3. The molecule has 0 N–H and O–H groups in total. The molecule has 1 atom stereocenters. The summed E-state index contributed by atoms with van der Waals surface area (Å²) in [6.07, 6.45) is 5.19. The van der Waals surface area contributed by atoms with Gasteiger partial charge in [-0.25, -0.2) is 4.99 Å². The molecule has 0 bridgehead atoms. The van der Waals surface area contributed by atoms with Crippen LogP contribution in [0.1, 0.15) is 34.9 Å². The van der Waals surface area contributed by atoms with Crippen molar-refractivity contribution in [1.82, 2.24) is 14.7 Å². The second-order valence-electron chi connectivity index (χ2n) is 8.65. The molecule has 5 rings (SSSR count). The summed E-state index contributed by atoms with van der Waals surface area (Å²) in [5, 5.41) is 0. The predicted molar refractivity (Wildman–Crippen MR) is 131 cm³/mol. The van der Waals surface area contributed by atoms with E-state index in [1.807, 2.05) is 11.2 Å². The van der Waals surface area contributed by atoms with Crippen LogP contribution in [0.3, 0.4) is 0 Å². The standard InChI is InChI=1S/C24H27BrN4OS/c1-16-24-22(13-23(25)31-24)26-15-29(16)21-6-5-19-11-18(3-4-20(19)12-21)14-27-7-9-28(10-8-27)17(2)30/h3-4,11,13,15,21H,1,5-10,12,14H2,2H3. The summed E-state index contributed by atoms with van der Waals surface area (Å²) in [5.74, 6) is 0.187. The van der Waals surface area contributed by atoms with Crippen molar-refractivity contribution in [1.29, 1.82) is 0 Å². The molecule has 0 saturated carbocycles. The minimum Gasteiger partial charge on any atom is -0.340 e. The van der Waals surface area contributed by atoms with Gasteiger partial charge in [-0.05, 0) is 57.9 Å². The molecule has 1 amide bonds. The monoisotopic (exact) mass is 498 g/mol. The van der Waals surface area contributed by atoms with Crippen molar-refractivity contribution in [2.75, 3.05) is 26.2 Å². The van der Waals surface area contributed by atoms with Crippen LogP contribution in [0.4, 0.5) is 5.69 Å². The highest BCUT2D eigenvalue weighted by atomic mass is 79.9. The Morgan fingerprint density at radius 2 is 2.03 bits per heavy atom. The van der Waals surface area contributed by atoms with Gasteiger partial charge in [-0.15, -0.1) is 11.3 Å². The van der Waals surface area contributed by atoms with Gasteiger partial charge in [0.2, 0.25) is 5.91 Å². The average molecular weight is 499 g/mol. The maximum absolute atomic E-state index is 11.5. The molecule has 1 aromatic carbocycles. The SMILES string of the molecule is C=C1c2sc(Br)cc2N=CN1C1CCc2cc(CN3CCN(C(C)=O)CC3)ccc2C1. The lowest BCUT2D eigenvalue weighted by Gasteiger charge is -2.36. The van der Waals surface area contributed by atoms with Gasteiger partial charge < -0.3 is 9.80 Å². The molecule has 2 aliphatic heterocycles. The van der Waals surface area contributed by atoms with Crippen LogP contribution in [0.5, 0.6) is 0 Å². The topological polar surface area (TPSA) is 39.1 Å². The van der Waals surface area contributed by atoms with E-state index in [4.69, 9.17) is 0 Å². The van der Waals surface area contributed by atoms with Gasteiger partial charge in [-0.3, -0.25) is 9.69 Å². The third-order valence-corrected chi connectivity index (χ3v) is 8.34. The quantitative estimate of drug-likeness (QED) is 0.616. The Balaban J connectivity index is 1.24. The molecule has 5 nitrogen and oxygen atoms in total. The van der Waals surface area contributed by atoms with Crippen LogP contribution in [0, 0.1) is 0 Å². The van der Waals surface area contributed by atoms with E-state index >= 15 is 0 Å². The van der Waals surface area contributed by atoms with Gasteiger partial charge in [0.05, 0.1) is 26.4 Å². The number of carbonyl (C=O) groups excluding carboxylic acids is 1. The molecule has 1 aliphatic carbocycles. The molecule has 7 heteroatoms. The molecule has 31 heavy (non-hydrogen) atoms. The number of nitrogens with zero attached hydrogens (tertiary/aromatic N) is 4. The van der Waals surface area contributed by atoms with Gasteiger partial charge >= 0.3 is 0 Å². The lowest BCUT2D eigenvalue weighted by Crippen LogP contribution is -2.47. The van der Waals surface area contributed by atoms with Crippen LogP contribution in [0.2, 0.25) is 0 Å². The Morgan fingerprint density at radius 3 is 2.81 bits per heavy atom. The van der Waals surface area contributed by atoms with E-state index in [2.05, 4.69) is 61.6 Å². The fourth-order valence-corrected chi connectivity index (χ4v) is 6.39. The van der Waals surface area contributed by atoms with Crippen LogP contribution >= 0.6 is 27.3 Å². The molecule has 1 fully saturated rings. The number of aliphatic imine (C=N–C) groups is 1. The number of aryl methyl sites for hydroxylation is 1. The van der Waals surface area contributed by atoms with Crippen molar-refractivity contribution in [3.05, 3.63) is 56.2 Å². The van der Waals surface area contributed by atoms with Crippen molar-refractivity contribution in [3.8, 4) is 0 Å². The Morgan fingerprint density at radius 1 is 1.23 bits per heavy atom. The summed E-state index contributed by atoms with van der Waals surface area (Å²) in [4.78, 5) is 24.0. The Bertz CT molecular complexity index is 1050. The number of hydrogen-bond acceptors (Lipinski definition) is 5. The minimum atomic E-state index is 0.187.